The topological polar surface area (TPSA) is 61.7 Å². The number of hydrogen-bond acceptors (Lipinski definition) is 4. The van der Waals surface area contributed by atoms with Crippen LogP contribution in [0.15, 0.2) is 16.6 Å². The third-order valence-corrected chi connectivity index (χ3v) is 4.76. The Morgan fingerprint density at radius 3 is 2.90 bits per heavy atom. The van der Waals surface area contributed by atoms with E-state index in [-0.39, 0.29) is 5.75 Å². The number of aromatic hydroxyl groups is 1. The number of aliphatic hydroxyl groups is 1. The van der Waals surface area contributed by atoms with Gasteiger partial charge in [-0.25, -0.2) is 0 Å². The van der Waals surface area contributed by atoms with Gasteiger partial charge in [-0.15, -0.1) is 0 Å². The molecule has 0 bridgehead atoms. The van der Waals surface area contributed by atoms with Crippen LogP contribution in [0, 0.1) is 5.92 Å². The van der Waals surface area contributed by atoms with Crippen molar-refractivity contribution in [2.75, 3.05) is 13.7 Å². The summed E-state index contributed by atoms with van der Waals surface area (Å²) in [6, 6.07) is 3.67. The molecule has 21 heavy (non-hydrogen) atoms. The summed E-state index contributed by atoms with van der Waals surface area (Å²) < 4.78 is 5.75. The van der Waals surface area contributed by atoms with Crippen molar-refractivity contribution in [1.82, 2.24) is 5.32 Å². The quantitative estimate of drug-likeness (QED) is 0.757. The van der Waals surface area contributed by atoms with Crippen molar-refractivity contribution < 1.29 is 14.9 Å². The highest BCUT2D eigenvalue weighted by molar-refractivity contribution is 9.10. The third kappa shape index (κ3) is 4.34. The third-order valence-electron chi connectivity index (χ3n) is 4.16. The maximum Gasteiger partial charge on any atom is 0.172 e. The summed E-state index contributed by atoms with van der Waals surface area (Å²) in [5.74, 6) is 1.15. The highest BCUT2D eigenvalue weighted by atomic mass is 79.9. The second kappa shape index (κ2) is 6.99. The minimum absolute atomic E-state index is 0.112. The van der Waals surface area contributed by atoms with Crippen molar-refractivity contribution in [3.63, 3.8) is 0 Å². The molecule has 1 aliphatic rings. The van der Waals surface area contributed by atoms with Crippen LogP contribution in [-0.2, 0) is 6.54 Å². The normalized spacial score (nSPS) is 25.8. The maximum atomic E-state index is 10.6. The first-order chi connectivity index (χ1) is 9.93. The number of hydrogen-bond donors (Lipinski definition) is 3. The molecule has 118 valence electrons. The van der Waals surface area contributed by atoms with Gasteiger partial charge < -0.3 is 20.3 Å². The maximum absolute atomic E-state index is 10.6. The van der Waals surface area contributed by atoms with Crippen LogP contribution in [0.3, 0.4) is 0 Å². The molecule has 1 saturated carbocycles. The Balaban J connectivity index is 1.93. The van der Waals surface area contributed by atoms with Gasteiger partial charge in [-0.1, -0.05) is 19.8 Å². The summed E-state index contributed by atoms with van der Waals surface area (Å²) in [6.45, 7) is 3.43. The van der Waals surface area contributed by atoms with Gasteiger partial charge in [0.25, 0.3) is 0 Å². The van der Waals surface area contributed by atoms with Gasteiger partial charge in [-0.3, -0.25) is 0 Å². The van der Waals surface area contributed by atoms with Crippen LogP contribution < -0.4 is 10.1 Å². The fraction of sp³-hybridized carbons (Fsp3) is 0.625. The minimum atomic E-state index is -0.587. The Kier molecular flexibility index (Phi) is 5.52. The number of methoxy groups -OCH3 is 1. The number of halogens is 1. The van der Waals surface area contributed by atoms with E-state index in [4.69, 9.17) is 4.74 Å². The van der Waals surface area contributed by atoms with Crippen LogP contribution in [0.5, 0.6) is 11.5 Å². The molecule has 4 nitrogen and oxygen atoms in total. The fourth-order valence-electron chi connectivity index (χ4n) is 3.12. The van der Waals surface area contributed by atoms with Crippen LogP contribution in [0.2, 0.25) is 0 Å². The molecule has 0 radical (unpaired) electrons. The largest absolute Gasteiger partial charge is 0.503 e. The lowest BCUT2D eigenvalue weighted by Gasteiger charge is -2.35. The Labute approximate surface area is 134 Å². The monoisotopic (exact) mass is 357 g/mol. The van der Waals surface area contributed by atoms with E-state index in [0.717, 1.165) is 24.8 Å². The van der Waals surface area contributed by atoms with Crippen LogP contribution in [0.4, 0.5) is 0 Å². The smallest absolute Gasteiger partial charge is 0.172 e. The molecular weight excluding hydrogens is 334 g/mol. The highest BCUT2D eigenvalue weighted by Gasteiger charge is 2.31. The zero-order valence-electron chi connectivity index (χ0n) is 12.7. The standard InChI is InChI=1S/C16H24BrNO3/c1-11-4-3-5-16(20,8-11)10-18-9-12-6-13(17)15(19)14(7-12)21-2/h6-7,11,18-20H,3-5,8-10H2,1-2H3. The van der Waals surface area contributed by atoms with Gasteiger partial charge in [0.05, 0.1) is 17.2 Å². The predicted octanol–water partition coefficient (Wildman–Crippen LogP) is 3.19. The molecule has 2 atom stereocenters. The second-order valence-corrected chi connectivity index (χ2v) is 7.01. The van der Waals surface area contributed by atoms with Crippen LogP contribution >= 0.6 is 15.9 Å². The van der Waals surface area contributed by atoms with Crippen molar-refractivity contribution in [3.8, 4) is 11.5 Å². The lowest BCUT2D eigenvalue weighted by atomic mass is 9.79. The molecule has 2 unspecified atom stereocenters. The van der Waals surface area contributed by atoms with E-state index in [2.05, 4.69) is 28.2 Å². The van der Waals surface area contributed by atoms with E-state index in [0.29, 0.717) is 29.2 Å². The van der Waals surface area contributed by atoms with E-state index < -0.39 is 5.60 Å². The van der Waals surface area contributed by atoms with E-state index >= 15 is 0 Å². The number of benzene rings is 1. The molecule has 0 aromatic heterocycles. The lowest BCUT2D eigenvalue weighted by molar-refractivity contribution is -0.0119. The Morgan fingerprint density at radius 1 is 1.48 bits per heavy atom. The van der Waals surface area contributed by atoms with Gasteiger partial charge in [0.15, 0.2) is 11.5 Å². The van der Waals surface area contributed by atoms with E-state index in [9.17, 15) is 10.2 Å². The molecular formula is C16H24BrNO3. The zero-order valence-corrected chi connectivity index (χ0v) is 14.2. The first kappa shape index (κ1) is 16.6. The van der Waals surface area contributed by atoms with Crippen molar-refractivity contribution in [2.45, 2.75) is 44.8 Å². The highest BCUT2D eigenvalue weighted by Crippen LogP contribution is 2.35. The van der Waals surface area contributed by atoms with Crippen LogP contribution in [0.25, 0.3) is 0 Å². The molecule has 0 saturated heterocycles. The summed E-state index contributed by atoms with van der Waals surface area (Å²) in [5, 5.41) is 23.7. The van der Waals surface area contributed by atoms with Crippen molar-refractivity contribution in [3.05, 3.63) is 22.2 Å². The van der Waals surface area contributed by atoms with Gasteiger partial charge in [0, 0.05) is 13.1 Å². The molecule has 3 N–H and O–H groups in total. The SMILES string of the molecule is COc1cc(CNCC2(O)CCCC(C)C2)cc(Br)c1O. The van der Waals surface area contributed by atoms with Crippen molar-refractivity contribution >= 4 is 15.9 Å². The molecule has 0 aliphatic heterocycles. The number of rotatable bonds is 5. The van der Waals surface area contributed by atoms with Crippen LogP contribution in [0.1, 0.15) is 38.2 Å². The fourth-order valence-corrected chi connectivity index (χ4v) is 3.61. The molecule has 1 fully saturated rings. The Morgan fingerprint density at radius 2 is 2.24 bits per heavy atom. The van der Waals surface area contributed by atoms with Crippen LogP contribution in [-0.4, -0.2) is 29.5 Å². The summed E-state index contributed by atoms with van der Waals surface area (Å²) in [4.78, 5) is 0. The van der Waals surface area contributed by atoms with Gasteiger partial charge in [0.1, 0.15) is 0 Å². The summed E-state index contributed by atoms with van der Waals surface area (Å²) in [7, 11) is 1.53. The Hall–Kier alpha value is -0.780. The van der Waals surface area contributed by atoms with Gasteiger partial charge in [0.2, 0.25) is 0 Å². The molecule has 0 heterocycles. The molecule has 2 rings (SSSR count). The summed E-state index contributed by atoms with van der Waals surface area (Å²) >= 11 is 3.32. The van der Waals surface area contributed by atoms with E-state index in [1.807, 2.05) is 6.07 Å². The van der Waals surface area contributed by atoms with Gasteiger partial charge in [-0.2, -0.15) is 0 Å². The second-order valence-electron chi connectivity index (χ2n) is 6.16. The zero-order chi connectivity index (χ0) is 15.5. The number of phenolic OH excluding ortho intramolecular Hbond substituents is 1. The summed E-state index contributed by atoms with van der Waals surface area (Å²) in [5.41, 5.74) is 0.416. The molecule has 1 aromatic carbocycles. The molecule has 0 amide bonds. The average Bonchev–Trinajstić information content (AvgIpc) is 2.42. The Bertz CT molecular complexity index is 495. The minimum Gasteiger partial charge on any atom is -0.503 e. The van der Waals surface area contributed by atoms with Gasteiger partial charge >= 0.3 is 0 Å². The van der Waals surface area contributed by atoms with E-state index in [1.165, 1.54) is 13.5 Å². The van der Waals surface area contributed by atoms with Gasteiger partial charge in [-0.05, 0) is 52.4 Å². The van der Waals surface area contributed by atoms with Crippen molar-refractivity contribution in [1.29, 1.82) is 0 Å². The predicted molar refractivity (Wildman–Crippen MR) is 86.6 cm³/mol. The lowest BCUT2D eigenvalue weighted by Crippen LogP contribution is -2.43. The number of phenols is 1. The van der Waals surface area contributed by atoms with E-state index in [1.54, 1.807) is 6.07 Å². The number of ether oxygens (including phenoxy) is 1. The first-order valence-electron chi connectivity index (χ1n) is 7.42. The first-order valence-corrected chi connectivity index (χ1v) is 8.21. The molecule has 0 spiro atoms. The van der Waals surface area contributed by atoms with Crippen molar-refractivity contribution in [2.24, 2.45) is 5.92 Å². The molecule has 1 aliphatic carbocycles. The summed E-state index contributed by atoms with van der Waals surface area (Å²) in [6.07, 6.45) is 4.04. The molecule has 5 heteroatoms. The average molecular weight is 358 g/mol. The number of nitrogens with one attached hydrogen (secondary N) is 1. The molecule has 1 aromatic rings.